The third-order valence-corrected chi connectivity index (χ3v) is 3.33. The second kappa shape index (κ2) is 7.22. The van der Waals surface area contributed by atoms with E-state index in [-0.39, 0.29) is 0 Å². The van der Waals surface area contributed by atoms with E-state index in [0.29, 0.717) is 25.0 Å². The molecule has 0 aromatic carbocycles. The summed E-state index contributed by atoms with van der Waals surface area (Å²) in [7, 11) is 0. The van der Waals surface area contributed by atoms with Gasteiger partial charge in [0.1, 0.15) is 11.4 Å². The Morgan fingerprint density at radius 3 is 3.00 bits per heavy atom. The van der Waals surface area contributed by atoms with Crippen LogP contribution in [0.3, 0.4) is 0 Å². The van der Waals surface area contributed by atoms with E-state index in [1.807, 2.05) is 11.4 Å². The first kappa shape index (κ1) is 14.0. The average molecular weight is 282 g/mol. The summed E-state index contributed by atoms with van der Waals surface area (Å²) in [5.74, 6) is 6.24. The van der Waals surface area contributed by atoms with Crippen LogP contribution >= 0.6 is 11.3 Å². The largest absolute Gasteiger partial charge is 0.475 e. The zero-order valence-electron chi connectivity index (χ0n) is 10.9. The third-order valence-electron chi connectivity index (χ3n) is 2.53. The van der Waals surface area contributed by atoms with Crippen LogP contribution in [-0.4, -0.2) is 29.8 Å². The number of aromatic nitrogens is 2. The van der Waals surface area contributed by atoms with Gasteiger partial charge in [-0.05, 0) is 17.9 Å². The molecular formula is C12H18N4O2S. The fourth-order valence-electron chi connectivity index (χ4n) is 1.55. The molecule has 0 saturated carbocycles. The van der Waals surface area contributed by atoms with Crippen LogP contribution in [0.2, 0.25) is 0 Å². The van der Waals surface area contributed by atoms with Crippen molar-refractivity contribution in [2.24, 2.45) is 5.84 Å². The lowest BCUT2D eigenvalue weighted by atomic mass is 10.4. The van der Waals surface area contributed by atoms with Gasteiger partial charge in [-0.3, -0.25) is 5.43 Å². The molecule has 0 amide bonds. The summed E-state index contributed by atoms with van der Waals surface area (Å²) < 4.78 is 11.1. The SMILES string of the molecule is CCCCOCCOc1nc(NN)nc2sccc12. The van der Waals surface area contributed by atoms with Gasteiger partial charge in [-0.15, -0.1) is 11.3 Å². The lowest BCUT2D eigenvalue weighted by Crippen LogP contribution is -2.12. The fourth-order valence-corrected chi connectivity index (χ4v) is 2.30. The molecule has 19 heavy (non-hydrogen) atoms. The number of nitrogens with two attached hydrogens (primary N) is 1. The number of nitrogen functional groups attached to an aromatic ring is 1. The second-order valence-corrected chi connectivity index (χ2v) is 4.85. The molecule has 0 fully saturated rings. The van der Waals surface area contributed by atoms with Gasteiger partial charge in [-0.25, -0.2) is 10.8 Å². The lowest BCUT2D eigenvalue weighted by molar-refractivity contribution is 0.0971. The van der Waals surface area contributed by atoms with Crippen LogP contribution in [0.25, 0.3) is 10.2 Å². The van der Waals surface area contributed by atoms with E-state index < -0.39 is 0 Å². The lowest BCUT2D eigenvalue weighted by Gasteiger charge is -2.08. The van der Waals surface area contributed by atoms with Crippen molar-refractivity contribution >= 4 is 27.5 Å². The highest BCUT2D eigenvalue weighted by Gasteiger charge is 2.09. The highest BCUT2D eigenvalue weighted by Crippen LogP contribution is 2.27. The van der Waals surface area contributed by atoms with Crippen LogP contribution in [0.1, 0.15) is 19.8 Å². The van der Waals surface area contributed by atoms with Crippen molar-refractivity contribution in [3.63, 3.8) is 0 Å². The van der Waals surface area contributed by atoms with E-state index in [1.54, 1.807) is 0 Å². The standard InChI is InChI=1S/C12H18N4O2S/c1-2-3-5-17-6-7-18-10-9-4-8-19-11(9)15-12(14-10)16-13/h4,8H,2-3,5-7,13H2,1H3,(H,14,15,16). The number of thiophene rings is 1. The van der Waals surface area contributed by atoms with Crippen molar-refractivity contribution in [2.75, 3.05) is 25.2 Å². The van der Waals surface area contributed by atoms with Gasteiger partial charge in [0, 0.05) is 6.61 Å². The topological polar surface area (TPSA) is 82.3 Å². The molecule has 0 saturated heterocycles. The van der Waals surface area contributed by atoms with Gasteiger partial charge < -0.3 is 9.47 Å². The predicted octanol–water partition coefficient (Wildman–Crippen LogP) is 2.17. The summed E-state index contributed by atoms with van der Waals surface area (Å²) in [5, 5.41) is 2.85. The Labute approximate surface area is 115 Å². The molecule has 6 nitrogen and oxygen atoms in total. The number of nitrogens with one attached hydrogen (secondary N) is 1. The Bertz CT molecular complexity index is 517. The molecule has 7 heteroatoms. The molecule has 2 rings (SSSR count). The number of hydrazine groups is 1. The molecule has 0 atom stereocenters. The zero-order valence-corrected chi connectivity index (χ0v) is 11.7. The van der Waals surface area contributed by atoms with Crippen molar-refractivity contribution in [3.8, 4) is 5.88 Å². The summed E-state index contributed by atoms with van der Waals surface area (Å²) in [6.07, 6.45) is 2.21. The molecule has 2 aromatic heterocycles. The monoisotopic (exact) mass is 282 g/mol. The van der Waals surface area contributed by atoms with Gasteiger partial charge in [0.25, 0.3) is 0 Å². The number of nitrogens with zero attached hydrogens (tertiary/aromatic N) is 2. The normalized spacial score (nSPS) is 10.8. The van der Waals surface area contributed by atoms with Gasteiger partial charge in [0.15, 0.2) is 0 Å². The van der Waals surface area contributed by atoms with Crippen LogP contribution < -0.4 is 16.0 Å². The zero-order chi connectivity index (χ0) is 13.5. The first-order chi connectivity index (χ1) is 9.35. The van der Waals surface area contributed by atoms with Crippen LogP contribution in [-0.2, 0) is 4.74 Å². The molecule has 0 unspecified atom stereocenters. The minimum Gasteiger partial charge on any atom is -0.475 e. The van der Waals surface area contributed by atoms with Gasteiger partial charge in [0.05, 0.1) is 12.0 Å². The summed E-state index contributed by atoms with van der Waals surface area (Å²) in [4.78, 5) is 9.30. The third kappa shape index (κ3) is 3.76. The smallest absolute Gasteiger partial charge is 0.241 e. The van der Waals surface area contributed by atoms with Crippen molar-refractivity contribution < 1.29 is 9.47 Å². The maximum atomic E-state index is 5.64. The average Bonchev–Trinajstić information content (AvgIpc) is 2.90. The Kier molecular flexibility index (Phi) is 5.31. The number of hydrogen-bond donors (Lipinski definition) is 2. The van der Waals surface area contributed by atoms with Gasteiger partial charge in [0.2, 0.25) is 11.8 Å². The molecule has 3 N–H and O–H groups in total. The Morgan fingerprint density at radius 1 is 1.32 bits per heavy atom. The molecule has 2 heterocycles. The van der Waals surface area contributed by atoms with Crippen LogP contribution in [0.5, 0.6) is 5.88 Å². The highest BCUT2D eigenvalue weighted by atomic mass is 32.1. The molecule has 0 bridgehead atoms. The van der Waals surface area contributed by atoms with Crippen molar-refractivity contribution in [2.45, 2.75) is 19.8 Å². The van der Waals surface area contributed by atoms with Gasteiger partial charge >= 0.3 is 0 Å². The molecule has 0 aliphatic carbocycles. The van der Waals surface area contributed by atoms with Gasteiger partial charge in [-0.2, -0.15) is 4.98 Å². The Hall–Kier alpha value is -1.44. The van der Waals surface area contributed by atoms with E-state index in [2.05, 4.69) is 22.3 Å². The maximum Gasteiger partial charge on any atom is 0.241 e. The molecule has 0 aliphatic rings. The van der Waals surface area contributed by atoms with E-state index in [1.165, 1.54) is 11.3 Å². The molecule has 2 aromatic rings. The molecular weight excluding hydrogens is 264 g/mol. The number of hydrogen-bond acceptors (Lipinski definition) is 7. The van der Waals surface area contributed by atoms with Crippen molar-refractivity contribution in [1.82, 2.24) is 9.97 Å². The molecule has 0 radical (unpaired) electrons. The second-order valence-electron chi connectivity index (χ2n) is 3.95. The number of anilines is 1. The van der Waals surface area contributed by atoms with Gasteiger partial charge in [-0.1, -0.05) is 13.3 Å². The highest BCUT2D eigenvalue weighted by molar-refractivity contribution is 7.16. The Balaban J connectivity index is 1.93. The van der Waals surface area contributed by atoms with Crippen LogP contribution in [0, 0.1) is 0 Å². The van der Waals surface area contributed by atoms with E-state index in [4.69, 9.17) is 15.3 Å². The molecule has 0 aliphatic heterocycles. The van der Waals surface area contributed by atoms with Crippen molar-refractivity contribution in [1.29, 1.82) is 0 Å². The minimum absolute atomic E-state index is 0.358. The number of unbranched alkanes of at least 4 members (excludes halogenated alkanes) is 1. The Morgan fingerprint density at radius 2 is 2.21 bits per heavy atom. The van der Waals surface area contributed by atoms with E-state index in [9.17, 15) is 0 Å². The number of ether oxygens (including phenoxy) is 2. The first-order valence-electron chi connectivity index (χ1n) is 6.27. The summed E-state index contributed by atoms with van der Waals surface area (Å²) in [6.45, 7) is 3.93. The fraction of sp³-hybridized carbons (Fsp3) is 0.500. The van der Waals surface area contributed by atoms with E-state index >= 15 is 0 Å². The quantitative estimate of drug-likeness (QED) is 0.439. The predicted molar refractivity (Wildman–Crippen MR) is 76.4 cm³/mol. The van der Waals surface area contributed by atoms with Crippen LogP contribution in [0.4, 0.5) is 5.95 Å². The molecule has 0 spiro atoms. The minimum atomic E-state index is 0.358. The van der Waals surface area contributed by atoms with Crippen LogP contribution in [0.15, 0.2) is 11.4 Å². The summed E-state index contributed by atoms with van der Waals surface area (Å²) in [6, 6.07) is 1.94. The molecule has 104 valence electrons. The number of rotatable bonds is 8. The van der Waals surface area contributed by atoms with Crippen molar-refractivity contribution in [3.05, 3.63) is 11.4 Å². The maximum absolute atomic E-state index is 5.64. The summed E-state index contributed by atoms with van der Waals surface area (Å²) >= 11 is 1.52. The first-order valence-corrected chi connectivity index (χ1v) is 7.15. The van der Waals surface area contributed by atoms with E-state index in [0.717, 1.165) is 29.7 Å². The number of fused-ring (bicyclic) bond motifs is 1. The summed E-state index contributed by atoms with van der Waals surface area (Å²) in [5.41, 5.74) is 2.44.